The van der Waals surface area contributed by atoms with Crippen molar-refractivity contribution < 1.29 is 14.4 Å². The topological polar surface area (TPSA) is 92.4 Å². The van der Waals surface area contributed by atoms with Crippen LogP contribution in [-0.2, 0) is 5.54 Å². The summed E-state index contributed by atoms with van der Waals surface area (Å²) >= 11 is 0. The first-order chi connectivity index (χ1) is 11.8. The Morgan fingerprint density at radius 3 is 2.76 bits per heavy atom. The van der Waals surface area contributed by atoms with Gasteiger partial charge in [-0.3, -0.25) is 9.88 Å². The van der Waals surface area contributed by atoms with E-state index in [4.69, 9.17) is 10.9 Å². The third-order valence-electron chi connectivity index (χ3n) is 4.79. The molecule has 0 bridgehead atoms. The van der Waals surface area contributed by atoms with Gasteiger partial charge < -0.3 is 9.63 Å². The number of amides is 1. The first kappa shape index (κ1) is 17.0. The van der Waals surface area contributed by atoms with E-state index >= 15 is 0 Å². The number of nitrogens with zero attached hydrogens (tertiary/aromatic N) is 4. The van der Waals surface area contributed by atoms with Crippen molar-refractivity contribution >= 4 is 6.09 Å². The van der Waals surface area contributed by atoms with Gasteiger partial charge in [0.05, 0.1) is 0 Å². The lowest BCUT2D eigenvalue weighted by Crippen LogP contribution is -2.53. The maximum absolute atomic E-state index is 11.8. The van der Waals surface area contributed by atoms with E-state index < -0.39 is 17.0 Å². The van der Waals surface area contributed by atoms with E-state index in [-0.39, 0.29) is 0 Å². The Morgan fingerprint density at radius 2 is 2.20 bits per heavy atom. The summed E-state index contributed by atoms with van der Waals surface area (Å²) in [6.45, 7) is 6.40. The highest BCUT2D eigenvalue weighted by molar-refractivity contribution is 5.67. The number of terminal acetylenes is 1. The fourth-order valence-electron chi connectivity index (χ4n) is 3.51. The summed E-state index contributed by atoms with van der Waals surface area (Å²) < 4.78 is 5.52. The van der Waals surface area contributed by atoms with Gasteiger partial charge in [-0.05, 0) is 30.4 Å². The summed E-state index contributed by atoms with van der Waals surface area (Å²) in [6.07, 6.45) is 7.29. The normalized spacial score (nSPS) is 20.5. The lowest BCUT2D eigenvalue weighted by Gasteiger charge is -2.43. The van der Waals surface area contributed by atoms with Crippen LogP contribution < -0.4 is 0 Å². The summed E-state index contributed by atoms with van der Waals surface area (Å²) in [5, 5.41) is 13.7. The molecule has 1 aliphatic rings. The van der Waals surface area contributed by atoms with E-state index in [2.05, 4.69) is 21.0 Å². The van der Waals surface area contributed by atoms with Crippen LogP contribution in [0.25, 0.3) is 11.5 Å². The third-order valence-corrected chi connectivity index (χ3v) is 4.79. The molecule has 0 aliphatic carbocycles. The van der Waals surface area contributed by atoms with Crippen molar-refractivity contribution in [1.82, 2.24) is 20.0 Å². The third kappa shape index (κ3) is 2.64. The number of rotatable bonds is 2. The van der Waals surface area contributed by atoms with E-state index in [1.807, 2.05) is 20.8 Å². The van der Waals surface area contributed by atoms with Crippen LogP contribution in [0, 0.1) is 17.8 Å². The second-order valence-electron chi connectivity index (χ2n) is 7.15. The largest absolute Gasteiger partial charge is 0.465 e. The number of carboxylic acid groups (broad SMARTS) is 1. The summed E-state index contributed by atoms with van der Waals surface area (Å²) in [7, 11) is 0. The lowest BCUT2D eigenvalue weighted by atomic mass is 9.71. The van der Waals surface area contributed by atoms with Crippen LogP contribution in [0.15, 0.2) is 22.9 Å². The molecule has 1 unspecified atom stereocenters. The van der Waals surface area contributed by atoms with E-state index in [0.717, 1.165) is 6.42 Å². The van der Waals surface area contributed by atoms with Crippen molar-refractivity contribution in [1.29, 1.82) is 0 Å². The average molecular weight is 340 g/mol. The first-order valence-corrected chi connectivity index (χ1v) is 8.07. The quantitative estimate of drug-likeness (QED) is 0.844. The van der Waals surface area contributed by atoms with Gasteiger partial charge in [0.15, 0.2) is 0 Å². The molecule has 1 fully saturated rings. The molecule has 0 aromatic carbocycles. The van der Waals surface area contributed by atoms with Crippen LogP contribution in [0.3, 0.4) is 0 Å². The molecule has 1 saturated heterocycles. The summed E-state index contributed by atoms with van der Waals surface area (Å²) in [5.74, 6) is 3.12. The number of hydrogen-bond acceptors (Lipinski definition) is 5. The first-order valence-electron chi connectivity index (χ1n) is 8.07. The summed E-state index contributed by atoms with van der Waals surface area (Å²) in [6, 6.07) is 3.47. The van der Waals surface area contributed by atoms with Crippen LogP contribution in [0.4, 0.5) is 4.79 Å². The molecule has 25 heavy (non-hydrogen) atoms. The molecule has 7 heteroatoms. The smallest absolute Gasteiger partial charge is 0.408 e. The van der Waals surface area contributed by atoms with Crippen molar-refractivity contribution in [3.8, 4) is 23.9 Å². The van der Waals surface area contributed by atoms with Gasteiger partial charge in [-0.15, -0.1) is 6.42 Å². The van der Waals surface area contributed by atoms with Gasteiger partial charge in [-0.1, -0.05) is 31.8 Å². The molecule has 1 atom stereocenters. The van der Waals surface area contributed by atoms with E-state index in [1.165, 1.54) is 4.90 Å². The predicted octanol–water partition coefficient (Wildman–Crippen LogP) is 3.13. The number of aromatic nitrogens is 3. The van der Waals surface area contributed by atoms with E-state index in [1.54, 1.807) is 18.3 Å². The Bertz CT molecular complexity index is 829. The minimum atomic E-state index is -0.983. The highest BCUT2D eigenvalue weighted by Gasteiger charge is 2.57. The van der Waals surface area contributed by atoms with Crippen LogP contribution in [0.1, 0.15) is 45.1 Å². The maximum Gasteiger partial charge on any atom is 0.408 e. The molecule has 3 rings (SSSR count). The second kappa shape index (κ2) is 5.88. The lowest BCUT2D eigenvalue weighted by molar-refractivity contribution is 0.00351. The van der Waals surface area contributed by atoms with Crippen molar-refractivity contribution in [3.63, 3.8) is 0 Å². The zero-order chi connectivity index (χ0) is 18.2. The van der Waals surface area contributed by atoms with Crippen LogP contribution in [0.2, 0.25) is 0 Å². The Kier molecular flexibility index (Phi) is 3.99. The minimum absolute atomic E-state index is 0.303. The fraction of sp³-hybridized carbons (Fsp3) is 0.444. The Morgan fingerprint density at radius 1 is 1.44 bits per heavy atom. The minimum Gasteiger partial charge on any atom is -0.465 e. The molecule has 0 saturated carbocycles. The molecule has 7 nitrogen and oxygen atoms in total. The summed E-state index contributed by atoms with van der Waals surface area (Å²) in [4.78, 5) is 21.9. The van der Waals surface area contributed by atoms with Gasteiger partial charge in [0, 0.05) is 18.3 Å². The zero-order valence-corrected chi connectivity index (χ0v) is 14.5. The molecule has 1 aliphatic heterocycles. The van der Waals surface area contributed by atoms with E-state index in [0.29, 0.717) is 35.9 Å². The maximum atomic E-state index is 11.8. The van der Waals surface area contributed by atoms with Crippen LogP contribution in [-0.4, -0.2) is 37.8 Å². The SMILES string of the molecule is C#Cc1ccc(-c2noc(C3(C(C)(C)C)CCCN3C(=O)O)n2)nc1. The van der Waals surface area contributed by atoms with Gasteiger partial charge in [0.1, 0.15) is 11.2 Å². The van der Waals surface area contributed by atoms with Gasteiger partial charge in [0.2, 0.25) is 5.82 Å². The second-order valence-corrected chi connectivity index (χ2v) is 7.15. The van der Waals surface area contributed by atoms with E-state index in [9.17, 15) is 9.90 Å². The standard InChI is InChI=1S/C18H20N4O3/c1-5-12-7-8-13(19-11-12)14-20-15(25-21-14)18(17(2,3)4)9-6-10-22(18)16(23)24/h1,7-8,11H,6,9-10H2,2-4H3,(H,23,24). The highest BCUT2D eigenvalue weighted by atomic mass is 16.5. The molecule has 0 radical (unpaired) electrons. The number of hydrogen-bond donors (Lipinski definition) is 1. The molecule has 3 heterocycles. The molecule has 2 aromatic rings. The van der Waals surface area contributed by atoms with Gasteiger partial charge in [-0.2, -0.15) is 4.98 Å². The number of carbonyl (C=O) groups is 1. The average Bonchev–Trinajstić information content (AvgIpc) is 3.21. The number of pyridine rings is 1. The Balaban J connectivity index is 2.06. The Hall–Kier alpha value is -2.88. The van der Waals surface area contributed by atoms with Crippen LogP contribution >= 0.6 is 0 Å². The molecule has 2 aromatic heterocycles. The zero-order valence-electron chi connectivity index (χ0n) is 14.5. The molecule has 1 amide bonds. The molecule has 0 spiro atoms. The summed E-state index contributed by atoms with van der Waals surface area (Å²) in [5.41, 5.74) is -0.0839. The van der Waals surface area contributed by atoms with Crippen molar-refractivity contribution in [2.45, 2.75) is 39.2 Å². The number of likely N-dealkylation sites (tertiary alicyclic amines) is 1. The van der Waals surface area contributed by atoms with Gasteiger partial charge in [0.25, 0.3) is 5.89 Å². The van der Waals surface area contributed by atoms with Crippen molar-refractivity contribution in [2.24, 2.45) is 5.41 Å². The molecular formula is C18H20N4O3. The molecule has 1 N–H and O–H groups in total. The van der Waals surface area contributed by atoms with Crippen molar-refractivity contribution in [2.75, 3.05) is 6.54 Å². The highest BCUT2D eigenvalue weighted by Crippen LogP contribution is 2.50. The van der Waals surface area contributed by atoms with Gasteiger partial charge >= 0.3 is 6.09 Å². The predicted molar refractivity (Wildman–Crippen MR) is 90.6 cm³/mol. The fourth-order valence-corrected chi connectivity index (χ4v) is 3.51. The van der Waals surface area contributed by atoms with Crippen LogP contribution in [0.5, 0.6) is 0 Å². The molecular weight excluding hydrogens is 320 g/mol. The monoisotopic (exact) mass is 340 g/mol. The van der Waals surface area contributed by atoms with Gasteiger partial charge in [-0.25, -0.2) is 4.79 Å². The molecule has 130 valence electrons. The Labute approximate surface area is 146 Å². The van der Waals surface area contributed by atoms with Crippen molar-refractivity contribution in [3.05, 3.63) is 29.8 Å².